The summed E-state index contributed by atoms with van der Waals surface area (Å²) in [6, 6.07) is 5.28. The number of aromatic nitrogens is 2. The maximum atomic E-state index is 12.7. The van der Waals surface area contributed by atoms with Gasteiger partial charge < -0.3 is 16.4 Å². The van der Waals surface area contributed by atoms with Crippen LogP contribution >= 0.6 is 0 Å². The lowest BCUT2D eigenvalue weighted by Gasteiger charge is -2.11. The number of hydrogen-bond donors (Lipinski definition) is 4. The van der Waals surface area contributed by atoms with Crippen molar-refractivity contribution >= 4 is 23.5 Å². The summed E-state index contributed by atoms with van der Waals surface area (Å²) < 4.78 is 38.1. The predicted molar refractivity (Wildman–Crippen MR) is 93.0 cm³/mol. The molecule has 0 atom stereocenters. The van der Waals surface area contributed by atoms with Gasteiger partial charge in [-0.3, -0.25) is 5.32 Å². The number of hydrogen-bond acceptors (Lipinski definition) is 5. The minimum absolute atomic E-state index is 0.00581. The second-order valence-electron chi connectivity index (χ2n) is 5.44. The van der Waals surface area contributed by atoms with Crippen molar-refractivity contribution in [2.75, 3.05) is 29.0 Å². The molecule has 10 heteroatoms. The molecule has 140 valence electrons. The molecule has 0 saturated carbocycles. The van der Waals surface area contributed by atoms with Gasteiger partial charge in [-0.25, -0.2) is 9.78 Å². The molecule has 0 saturated heterocycles. The highest BCUT2D eigenvalue weighted by Gasteiger charge is 2.30. The Kier molecular flexibility index (Phi) is 6.34. The van der Waals surface area contributed by atoms with E-state index in [1.165, 1.54) is 12.1 Å². The molecule has 5 N–H and O–H groups in total. The van der Waals surface area contributed by atoms with Crippen LogP contribution in [0.1, 0.15) is 17.7 Å². The Hall–Kier alpha value is -2.88. The second-order valence-corrected chi connectivity index (χ2v) is 5.44. The van der Waals surface area contributed by atoms with Gasteiger partial charge >= 0.3 is 12.2 Å². The molecular formula is C16H19F3N6O. The largest absolute Gasteiger partial charge is 0.416 e. The number of carbonyl (C=O) groups is 1. The van der Waals surface area contributed by atoms with Crippen molar-refractivity contribution in [1.82, 2.24) is 9.97 Å². The third-order valence-electron chi connectivity index (χ3n) is 3.21. The van der Waals surface area contributed by atoms with E-state index in [0.29, 0.717) is 24.6 Å². The van der Waals surface area contributed by atoms with Crippen LogP contribution in [0, 0.1) is 6.92 Å². The van der Waals surface area contributed by atoms with E-state index in [9.17, 15) is 18.0 Å². The molecule has 0 unspecified atom stereocenters. The highest BCUT2D eigenvalue weighted by atomic mass is 19.4. The van der Waals surface area contributed by atoms with Gasteiger partial charge in [0.15, 0.2) is 0 Å². The van der Waals surface area contributed by atoms with Crippen molar-refractivity contribution in [2.45, 2.75) is 19.5 Å². The first kappa shape index (κ1) is 19.4. The van der Waals surface area contributed by atoms with Gasteiger partial charge in [-0.15, -0.1) is 0 Å². The van der Waals surface area contributed by atoms with Crippen LogP contribution in [0.25, 0.3) is 0 Å². The number of aryl methyl sites for hydroxylation is 1. The smallest absolute Gasteiger partial charge is 0.370 e. The fraction of sp³-hybridized carbons (Fsp3) is 0.312. The summed E-state index contributed by atoms with van der Waals surface area (Å²) in [6.45, 7) is 2.87. The number of halogens is 3. The second kappa shape index (κ2) is 8.48. The van der Waals surface area contributed by atoms with E-state index in [1.807, 2.05) is 0 Å². The lowest BCUT2D eigenvalue weighted by Crippen LogP contribution is -2.22. The van der Waals surface area contributed by atoms with Gasteiger partial charge in [-0.2, -0.15) is 18.2 Å². The molecule has 0 spiro atoms. The summed E-state index contributed by atoms with van der Waals surface area (Å²) in [7, 11) is 0. The summed E-state index contributed by atoms with van der Waals surface area (Å²) >= 11 is 0. The number of nitrogens with zero attached hydrogens (tertiary/aromatic N) is 2. The van der Waals surface area contributed by atoms with Gasteiger partial charge in [-0.1, -0.05) is 6.07 Å². The van der Waals surface area contributed by atoms with Crippen LogP contribution in [0.4, 0.5) is 35.4 Å². The number of alkyl halides is 3. The van der Waals surface area contributed by atoms with E-state index in [1.54, 1.807) is 13.0 Å². The maximum Gasteiger partial charge on any atom is 0.416 e. The Labute approximate surface area is 148 Å². The number of benzene rings is 1. The minimum atomic E-state index is -4.49. The Bertz CT molecular complexity index is 766. The van der Waals surface area contributed by atoms with Crippen LogP contribution in [-0.2, 0) is 6.18 Å². The maximum absolute atomic E-state index is 12.7. The molecular weight excluding hydrogens is 349 g/mol. The van der Waals surface area contributed by atoms with Crippen molar-refractivity contribution in [2.24, 2.45) is 5.73 Å². The Morgan fingerprint density at radius 3 is 2.65 bits per heavy atom. The lowest BCUT2D eigenvalue weighted by molar-refractivity contribution is -0.137. The number of anilines is 3. The molecule has 0 radical (unpaired) electrons. The summed E-state index contributed by atoms with van der Waals surface area (Å²) in [5.74, 6) is 0.546. The molecule has 0 aliphatic carbocycles. The Balaban J connectivity index is 2.03. The van der Waals surface area contributed by atoms with Crippen molar-refractivity contribution in [3.8, 4) is 0 Å². The van der Waals surface area contributed by atoms with E-state index in [0.717, 1.165) is 18.6 Å². The summed E-state index contributed by atoms with van der Waals surface area (Å²) in [6.07, 6.45) is -3.74. The van der Waals surface area contributed by atoms with Crippen LogP contribution in [0.15, 0.2) is 30.3 Å². The molecule has 1 aromatic carbocycles. The number of nitrogens with two attached hydrogens (primary N) is 1. The fourth-order valence-electron chi connectivity index (χ4n) is 2.07. The predicted octanol–water partition coefficient (Wildman–Crippen LogP) is 3.21. The summed E-state index contributed by atoms with van der Waals surface area (Å²) in [4.78, 5) is 20.2. The van der Waals surface area contributed by atoms with E-state index < -0.39 is 17.8 Å². The van der Waals surface area contributed by atoms with Gasteiger partial charge in [0, 0.05) is 24.0 Å². The molecule has 0 fully saturated rings. The molecule has 26 heavy (non-hydrogen) atoms. The number of nitrogens with one attached hydrogen (secondary N) is 3. The first-order chi connectivity index (χ1) is 12.3. The SMILES string of the molecule is Cc1cc(NCCCN)nc(NC(=O)Nc2cccc(C(F)(F)F)c2)n1. The number of urea groups is 1. The average molecular weight is 368 g/mol. The van der Waals surface area contributed by atoms with E-state index in [2.05, 4.69) is 25.9 Å². The highest BCUT2D eigenvalue weighted by molar-refractivity contribution is 5.98. The number of rotatable bonds is 6. The van der Waals surface area contributed by atoms with Crippen LogP contribution in [0.5, 0.6) is 0 Å². The summed E-state index contributed by atoms with van der Waals surface area (Å²) in [5.41, 5.74) is 5.19. The van der Waals surface area contributed by atoms with E-state index in [4.69, 9.17) is 5.73 Å². The Morgan fingerprint density at radius 1 is 1.19 bits per heavy atom. The lowest BCUT2D eigenvalue weighted by atomic mass is 10.2. The first-order valence-electron chi connectivity index (χ1n) is 7.83. The normalized spacial score (nSPS) is 11.1. The van der Waals surface area contributed by atoms with Gasteiger partial charge in [0.25, 0.3) is 0 Å². The fourth-order valence-corrected chi connectivity index (χ4v) is 2.07. The monoisotopic (exact) mass is 368 g/mol. The van der Waals surface area contributed by atoms with Crippen molar-refractivity contribution in [3.63, 3.8) is 0 Å². The zero-order valence-corrected chi connectivity index (χ0v) is 14.0. The molecule has 7 nitrogen and oxygen atoms in total. The molecule has 2 rings (SSSR count). The topological polar surface area (TPSA) is 105 Å². The molecule has 1 aromatic heterocycles. The molecule has 1 heterocycles. The minimum Gasteiger partial charge on any atom is -0.370 e. The van der Waals surface area contributed by atoms with Crippen LogP contribution in [0.3, 0.4) is 0 Å². The summed E-state index contributed by atoms with van der Waals surface area (Å²) in [5, 5.41) is 7.78. The van der Waals surface area contributed by atoms with Gasteiger partial charge in [0.2, 0.25) is 5.95 Å². The zero-order valence-electron chi connectivity index (χ0n) is 14.0. The zero-order chi connectivity index (χ0) is 19.2. The third kappa shape index (κ3) is 5.88. The molecule has 2 amide bonds. The van der Waals surface area contributed by atoms with Crippen molar-refractivity contribution in [3.05, 3.63) is 41.6 Å². The number of carbonyl (C=O) groups excluding carboxylic acids is 1. The molecule has 0 aliphatic heterocycles. The molecule has 0 aliphatic rings. The van der Waals surface area contributed by atoms with Crippen LogP contribution in [-0.4, -0.2) is 29.1 Å². The van der Waals surface area contributed by atoms with Crippen molar-refractivity contribution < 1.29 is 18.0 Å². The Morgan fingerprint density at radius 2 is 1.96 bits per heavy atom. The van der Waals surface area contributed by atoms with Gasteiger partial charge in [-0.05, 0) is 38.1 Å². The molecule has 0 bridgehead atoms. The number of amides is 2. The van der Waals surface area contributed by atoms with Crippen LogP contribution < -0.4 is 21.7 Å². The standard InChI is InChI=1S/C16H19F3N6O/c1-10-8-13(21-7-3-6-20)24-14(22-10)25-15(26)23-12-5-2-4-11(9-12)16(17,18)19/h2,4-5,8-9H,3,6-7,20H2,1H3,(H3,21,22,23,24,25,26). The van der Waals surface area contributed by atoms with Crippen LogP contribution in [0.2, 0.25) is 0 Å². The highest BCUT2D eigenvalue weighted by Crippen LogP contribution is 2.30. The van der Waals surface area contributed by atoms with E-state index in [-0.39, 0.29) is 11.6 Å². The van der Waals surface area contributed by atoms with Crippen molar-refractivity contribution in [1.29, 1.82) is 0 Å². The average Bonchev–Trinajstić information content (AvgIpc) is 2.54. The quantitative estimate of drug-likeness (QED) is 0.586. The third-order valence-corrected chi connectivity index (χ3v) is 3.21. The van der Waals surface area contributed by atoms with E-state index >= 15 is 0 Å². The first-order valence-corrected chi connectivity index (χ1v) is 7.83. The van der Waals surface area contributed by atoms with Gasteiger partial charge in [0.05, 0.1) is 5.56 Å². The molecule has 2 aromatic rings. The van der Waals surface area contributed by atoms with Gasteiger partial charge in [0.1, 0.15) is 5.82 Å².